The third kappa shape index (κ3) is 5.71. The zero-order valence-electron chi connectivity index (χ0n) is 22.7. The molecule has 0 aliphatic heterocycles. The van der Waals surface area contributed by atoms with E-state index in [-0.39, 0.29) is 18.3 Å². The van der Waals surface area contributed by atoms with Gasteiger partial charge < -0.3 is 19.5 Å². The van der Waals surface area contributed by atoms with Crippen LogP contribution in [0.5, 0.6) is 11.5 Å². The number of allylic oxidation sites excluding steroid dienone is 2. The molecule has 3 aromatic carbocycles. The monoisotopic (exact) mass is 589 g/mol. The van der Waals surface area contributed by atoms with Gasteiger partial charge in [0, 0.05) is 21.7 Å². The fourth-order valence-corrected chi connectivity index (χ4v) is 6.51. The van der Waals surface area contributed by atoms with Crippen LogP contribution >= 0.6 is 22.9 Å². The highest BCUT2D eigenvalue weighted by Crippen LogP contribution is 2.43. The molecule has 0 saturated heterocycles. The van der Waals surface area contributed by atoms with Gasteiger partial charge in [0.25, 0.3) is 5.91 Å². The minimum Gasteiger partial charge on any atom is -0.493 e. The smallest absolute Gasteiger partial charge is 0.317 e. The summed E-state index contributed by atoms with van der Waals surface area (Å²) >= 11 is 7.82. The predicted molar refractivity (Wildman–Crippen MR) is 161 cm³/mol. The van der Waals surface area contributed by atoms with Crippen molar-refractivity contribution >= 4 is 61.9 Å². The van der Waals surface area contributed by atoms with Crippen LogP contribution in [-0.4, -0.2) is 38.5 Å². The number of anilines is 1. The Labute approximate surface area is 246 Å². The molecule has 210 valence electrons. The van der Waals surface area contributed by atoms with Crippen LogP contribution in [0.3, 0.4) is 0 Å². The van der Waals surface area contributed by atoms with Crippen LogP contribution in [0.25, 0.3) is 15.7 Å². The zero-order valence-corrected chi connectivity index (χ0v) is 24.3. The van der Waals surface area contributed by atoms with Crippen molar-refractivity contribution in [2.24, 2.45) is 5.92 Å². The molecule has 7 nitrogen and oxygen atoms in total. The van der Waals surface area contributed by atoms with Gasteiger partial charge in [-0.2, -0.15) is 0 Å². The van der Waals surface area contributed by atoms with Gasteiger partial charge in [0.15, 0.2) is 17.3 Å². The highest BCUT2D eigenvalue weighted by atomic mass is 35.5. The third-order valence-corrected chi connectivity index (χ3v) is 8.77. The van der Waals surface area contributed by atoms with Gasteiger partial charge in [0.1, 0.15) is 10.8 Å². The van der Waals surface area contributed by atoms with Gasteiger partial charge in [-0.05, 0) is 66.5 Å². The predicted octanol–water partition coefficient (Wildman–Crippen LogP) is 7.14. The number of halogens is 1. The molecule has 9 heteroatoms. The van der Waals surface area contributed by atoms with Gasteiger partial charge in [-0.1, -0.05) is 48.0 Å². The van der Waals surface area contributed by atoms with Crippen molar-refractivity contribution in [2.45, 2.75) is 19.3 Å². The van der Waals surface area contributed by atoms with Crippen molar-refractivity contribution in [1.82, 2.24) is 0 Å². The van der Waals surface area contributed by atoms with Gasteiger partial charge >= 0.3 is 5.97 Å². The van der Waals surface area contributed by atoms with Crippen molar-refractivity contribution in [3.63, 3.8) is 0 Å². The van der Waals surface area contributed by atoms with Crippen LogP contribution in [-0.2, 0) is 14.3 Å². The average molecular weight is 590 g/mol. The lowest BCUT2D eigenvalue weighted by Crippen LogP contribution is -2.34. The van der Waals surface area contributed by atoms with Crippen LogP contribution in [0.1, 0.15) is 40.1 Å². The van der Waals surface area contributed by atoms with Gasteiger partial charge in [-0.15, -0.1) is 11.3 Å². The SMILES string of the molecule is CCOC(=O)C1C(=O)C=C(c2ccc(NC(=O)c3sc4ccccc4c3Cl)cc2)CC1c1ccc(OC)c(OC)c1. The number of esters is 1. The summed E-state index contributed by atoms with van der Waals surface area (Å²) in [6.07, 6.45) is 1.94. The maximum absolute atomic E-state index is 13.3. The summed E-state index contributed by atoms with van der Waals surface area (Å²) in [7, 11) is 3.09. The first-order chi connectivity index (χ1) is 19.8. The van der Waals surface area contributed by atoms with Gasteiger partial charge in [-0.25, -0.2) is 0 Å². The maximum Gasteiger partial charge on any atom is 0.317 e. The second-order valence-corrected chi connectivity index (χ2v) is 10.9. The topological polar surface area (TPSA) is 90.9 Å². The molecule has 0 radical (unpaired) electrons. The van der Waals surface area contributed by atoms with E-state index >= 15 is 0 Å². The number of methoxy groups -OCH3 is 2. The van der Waals surface area contributed by atoms with E-state index in [0.717, 1.165) is 26.8 Å². The fourth-order valence-electron chi connectivity index (χ4n) is 5.10. The summed E-state index contributed by atoms with van der Waals surface area (Å²) in [5.41, 5.74) is 2.95. The van der Waals surface area contributed by atoms with E-state index in [2.05, 4.69) is 5.32 Å². The lowest BCUT2D eigenvalue weighted by Gasteiger charge is -2.30. The van der Waals surface area contributed by atoms with Gasteiger partial charge in [0.2, 0.25) is 0 Å². The summed E-state index contributed by atoms with van der Waals surface area (Å²) in [6.45, 7) is 1.89. The second kappa shape index (κ2) is 12.2. The standard InChI is InChI=1S/C32H28ClNO6S/c1-4-40-32(37)28-23(19-11-14-25(38-2)26(17-19)39-3)15-20(16-24(28)35)18-9-12-21(13-10-18)34-31(36)30-29(33)22-7-5-6-8-27(22)41-30/h5-14,16-17,23,28H,4,15H2,1-3H3,(H,34,36). The number of benzene rings is 3. The Balaban J connectivity index is 1.40. The normalized spacial score (nSPS) is 16.7. The molecule has 4 aromatic rings. The maximum atomic E-state index is 13.3. The van der Waals surface area contributed by atoms with E-state index in [0.29, 0.717) is 33.5 Å². The Morgan fingerprint density at radius 1 is 1.00 bits per heavy atom. The van der Waals surface area contributed by atoms with E-state index in [4.69, 9.17) is 25.8 Å². The largest absolute Gasteiger partial charge is 0.493 e. The Hall–Kier alpha value is -4.14. The number of ketones is 1. The summed E-state index contributed by atoms with van der Waals surface area (Å²) < 4.78 is 17.0. The average Bonchev–Trinajstić information content (AvgIpc) is 3.33. The summed E-state index contributed by atoms with van der Waals surface area (Å²) in [5.74, 6) is -1.53. The van der Waals surface area contributed by atoms with Crippen molar-refractivity contribution in [3.05, 3.63) is 93.8 Å². The van der Waals surface area contributed by atoms with Crippen molar-refractivity contribution in [1.29, 1.82) is 0 Å². The number of thiophene rings is 1. The van der Waals surface area contributed by atoms with Crippen molar-refractivity contribution in [3.8, 4) is 11.5 Å². The molecule has 0 spiro atoms. The van der Waals surface area contributed by atoms with Crippen LogP contribution < -0.4 is 14.8 Å². The second-order valence-electron chi connectivity index (χ2n) is 9.50. The molecule has 1 amide bonds. The number of rotatable bonds is 8. The Kier molecular flexibility index (Phi) is 8.42. The van der Waals surface area contributed by atoms with E-state index in [1.165, 1.54) is 24.5 Å². The zero-order chi connectivity index (χ0) is 29.1. The number of fused-ring (bicyclic) bond motifs is 1. The molecule has 2 atom stereocenters. The molecule has 5 rings (SSSR count). The first kappa shape index (κ1) is 28.4. The lowest BCUT2D eigenvalue weighted by molar-refractivity contribution is -0.151. The fraction of sp³-hybridized carbons (Fsp3) is 0.219. The molecule has 0 saturated carbocycles. The van der Waals surface area contributed by atoms with Crippen LogP contribution in [0, 0.1) is 5.92 Å². The van der Waals surface area contributed by atoms with Crippen LogP contribution in [0.2, 0.25) is 5.02 Å². The Morgan fingerprint density at radius 3 is 2.41 bits per heavy atom. The van der Waals surface area contributed by atoms with Crippen LogP contribution in [0.4, 0.5) is 5.69 Å². The van der Waals surface area contributed by atoms with Crippen LogP contribution in [0.15, 0.2) is 72.8 Å². The molecule has 0 fully saturated rings. The molecule has 1 aliphatic carbocycles. The van der Waals surface area contributed by atoms with Crippen molar-refractivity contribution in [2.75, 3.05) is 26.1 Å². The highest BCUT2D eigenvalue weighted by molar-refractivity contribution is 7.21. The van der Waals surface area contributed by atoms with E-state index in [9.17, 15) is 14.4 Å². The molecule has 1 N–H and O–H groups in total. The van der Waals surface area contributed by atoms with Crippen molar-refractivity contribution < 1.29 is 28.6 Å². The molecule has 1 heterocycles. The van der Waals surface area contributed by atoms with E-state index in [1.807, 2.05) is 42.5 Å². The number of amides is 1. The number of nitrogens with one attached hydrogen (secondary N) is 1. The molecule has 41 heavy (non-hydrogen) atoms. The quantitative estimate of drug-likeness (QED) is 0.173. The highest BCUT2D eigenvalue weighted by Gasteiger charge is 2.40. The van der Waals surface area contributed by atoms with E-state index < -0.39 is 17.8 Å². The van der Waals surface area contributed by atoms with E-state index in [1.54, 1.807) is 38.3 Å². The number of carbonyl (C=O) groups excluding carboxylic acids is 3. The summed E-state index contributed by atoms with van der Waals surface area (Å²) in [6, 6.07) is 20.3. The third-order valence-electron chi connectivity index (χ3n) is 7.10. The van der Waals surface area contributed by atoms with Gasteiger partial charge in [-0.3, -0.25) is 14.4 Å². The Morgan fingerprint density at radius 2 is 1.73 bits per heavy atom. The molecule has 1 aromatic heterocycles. The number of ether oxygens (including phenoxy) is 3. The molecule has 1 aliphatic rings. The van der Waals surface area contributed by atoms with Gasteiger partial charge in [0.05, 0.1) is 25.8 Å². The first-order valence-electron chi connectivity index (χ1n) is 13.1. The molecule has 2 unspecified atom stereocenters. The summed E-state index contributed by atoms with van der Waals surface area (Å²) in [5, 5.41) is 4.19. The minimum atomic E-state index is -0.971. The first-order valence-corrected chi connectivity index (χ1v) is 14.3. The molecular weight excluding hydrogens is 562 g/mol. The number of carbonyl (C=O) groups is 3. The molecular formula is C32H28ClNO6S. The Bertz CT molecular complexity index is 1660. The summed E-state index contributed by atoms with van der Waals surface area (Å²) in [4.78, 5) is 39.6. The minimum absolute atomic E-state index is 0.178. The lowest BCUT2D eigenvalue weighted by atomic mass is 9.73. The number of hydrogen-bond acceptors (Lipinski definition) is 7. The number of hydrogen-bond donors (Lipinski definition) is 1. The molecule has 0 bridgehead atoms.